The van der Waals surface area contributed by atoms with Crippen LogP contribution in [0.15, 0.2) is 4.99 Å². The molecule has 124 valence electrons. The molecule has 0 spiro atoms. The molecule has 1 atom stereocenters. The van der Waals surface area contributed by atoms with Crippen LogP contribution >= 0.6 is 11.8 Å². The number of nitrogens with zero attached hydrogens (tertiary/aromatic N) is 2. The van der Waals surface area contributed by atoms with Crippen molar-refractivity contribution in [2.75, 3.05) is 6.54 Å². The van der Waals surface area contributed by atoms with Crippen molar-refractivity contribution >= 4 is 23.0 Å². The Morgan fingerprint density at radius 3 is 2.05 bits per heavy atom. The van der Waals surface area contributed by atoms with Crippen LogP contribution < -0.4 is 5.32 Å². The summed E-state index contributed by atoms with van der Waals surface area (Å²) in [6.07, 6.45) is 11.8. The third-order valence-corrected chi connectivity index (χ3v) is 5.86. The van der Waals surface area contributed by atoms with Crippen molar-refractivity contribution in [2.24, 2.45) is 4.99 Å². The van der Waals surface area contributed by atoms with Crippen molar-refractivity contribution < 1.29 is 9.18 Å². The molecule has 3 aliphatic rings. The largest absolute Gasteiger partial charge is 0.323 e. The highest BCUT2D eigenvalue weighted by atomic mass is 32.2. The highest BCUT2D eigenvalue weighted by molar-refractivity contribution is 8.14. The van der Waals surface area contributed by atoms with Crippen LogP contribution in [0.2, 0.25) is 0 Å². The number of thioether (sulfide) groups is 1. The Bertz CT molecular complexity index is 402. The average Bonchev–Trinajstić information content (AvgIpc) is 2.95. The predicted molar refractivity (Wildman–Crippen MR) is 88.9 cm³/mol. The zero-order valence-corrected chi connectivity index (χ0v) is 13.9. The SMILES string of the molecule is O=C(NC1=NCC(F)S1)N(C1CCCCC1)C1CCCCC1. The van der Waals surface area contributed by atoms with Gasteiger partial charge in [0.05, 0.1) is 6.54 Å². The lowest BCUT2D eigenvalue weighted by atomic mass is 9.89. The highest BCUT2D eigenvalue weighted by Gasteiger charge is 2.33. The van der Waals surface area contributed by atoms with Crippen LogP contribution in [0.1, 0.15) is 64.2 Å². The summed E-state index contributed by atoms with van der Waals surface area (Å²) in [5.74, 6) is 0. The lowest BCUT2D eigenvalue weighted by Crippen LogP contribution is -2.53. The van der Waals surface area contributed by atoms with Crippen molar-refractivity contribution in [1.82, 2.24) is 10.2 Å². The van der Waals surface area contributed by atoms with Gasteiger partial charge < -0.3 is 4.90 Å². The van der Waals surface area contributed by atoms with Gasteiger partial charge in [-0.2, -0.15) is 0 Å². The van der Waals surface area contributed by atoms with E-state index in [1.165, 1.54) is 38.5 Å². The number of carbonyl (C=O) groups is 1. The lowest BCUT2D eigenvalue weighted by molar-refractivity contribution is 0.108. The number of amidine groups is 1. The first kappa shape index (κ1) is 16.1. The Morgan fingerprint density at radius 1 is 1.05 bits per heavy atom. The molecule has 22 heavy (non-hydrogen) atoms. The number of nitrogens with one attached hydrogen (secondary N) is 1. The summed E-state index contributed by atoms with van der Waals surface area (Å²) in [5.41, 5.74) is -1.01. The molecule has 2 amide bonds. The molecule has 0 radical (unpaired) electrons. The third-order valence-electron chi connectivity index (χ3n) is 5.00. The van der Waals surface area contributed by atoms with E-state index in [0.29, 0.717) is 17.3 Å². The fourth-order valence-electron chi connectivity index (χ4n) is 3.92. The normalized spacial score (nSPS) is 27.5. The van der Waals surface area contributed by atoms with Crippen molar-refractivity contribution in [1.29, 1.82) is 0 Å². The van der Waals surface area contributed by atoms with E-state index in [2.05, 4.69) is 15.2 Å². The molecule has 0 aromatic carbocycles. The second-order valence-corrected chi connectivity index (χ2v) is 7.73. The summed E-state index contributed by atoms with van der Waals surface area (Å²) in [6.45, 7) is 0.160. The Hall–Kier alpha value is -0.780. The summed E-state index contributed by atoms with van der Waals surface area (Å²) in [6, 6.07) is 0.647. The summed E-state index contributed by atoms with van der Waals surface area (Å²) >= 11 is 1.03. The molecule has 0 aromatic heterocycles. The molecule has 0 saturated heterocycles. The van der Waals surface area contributed by atoms with Gasteiger partial charge in [0.2, 0.25) is 0 Å². The van der Waals surface area contributed by atoms with Gasteiger partial charge >= 0.3 is 6.03 Å². The van der Waals surface area contributed by atoms with Gasteiger partial charge in [-0.05, 0) is 37.4 Å². The van der Waals surface area contributed by atoms with E-state index >= 15 is 0 Å². The van der Waals surface area contributed by atoms with E-state index in [9.17, 15) is 9.18 Å². The van der Waals surface area contributed by atoms with E-state index in [1.54, 1.807) is 0 Å². The molecule has 0 aromatic rings. The van der Waals surface area contributed by atoms with E-state index in [1.807, 2.05) is 0 Å². The molecule has 6 heteroatoms. The summed E-state index contributed by atoms with van der Waals surface area (Å²) in [5, 5.41) is 3.32. The van der Waals surface area contributed by atoms with Crippen molar-refractivity contribution in [3.8, 4) is 0 Å². The highest BCUT2D eigenvalue weighted by Crippen LogP contribution is 2.30. The van der Waals surface area contributed by atoms with E-state index in [-0.39, 0.29) is 12.6 Å². The molecule has 3 rings (SSSR count). The van der Waals surface area contributed by atoms with Crippen molar-refractivity contribution in [2.45, 2.75) is 81.8 Å². The number of hydrogen-bond donors (Lipinski definition) is 1. The molecular formula is C16H26FN3OS. The topological polar surface area (TPSA) is 44.7 Å². The molecule has 4 nitrogen and oxygen atoms in total. The summed E-state index contributed by atoms with van der Waals surface area (Å²) < 4.78 is 13.2. The maximum atomic E-state index is 13.2. The second-order valence-electron chi connectivity index (χ2n) is 6.59. The molecule has 2 saturated carbocycles. The van der Waals surface area contributed by atoms with E-state index < -0.39 is 5.50 Å². The molecule has 2 aliphatic carbocycles. The molecule has 1 heterocycles. The number of carbonyl (C=O) groups excluding carboxylic acids is 1. The first-order valence-electron chi connectivity index (χ1n) is 8.68. The molecule has 0 bridgehead atoms. The van der Waals surface area contributed by atoms with Crippen LogP contribution in [0.5, 0.6) is 0 Å². The Labute approximate surface area is 136 Å². The fourth-order valence-corrected chi connectivity index (χ4v) is 4.61. The Kier molecular flexibility index (Phi) is 5.61. The smallest absolute Gasteiger partial charge is 0.319 e. The zero-order valence-electron chi connectivity index (χ0n) is 13.1. The number of aliphatic imine (C=N–C) groups is 1. The van der Waals surface area contributed by atoms with Gasteiger partial charge in [0.1, 0.15) is 0 Å². The van der Waals surface area contributed by atoms with Gasteiger partial charge in [-0.1, -0.05) is 38.5 Å². The van der Waals surface area contributed by atoms with Gasteiger partial charge in [0.15, 0.2) is 10.7 Å². The predicted octanol–water partition coefficient (Wildman–Crippen LogP) is 4.06. The Morgan fingerprint density at radius 2 is 1.59 bits per heavy atom. The van der Waals surface area contributed by atoms with Crippen LogP contribution in [-0.2, 0) is 0 Å². The maximum Gasteiger partial charge on any atom is 0.323 e. The zero-order chi connectivity index (χ0) is 15.4. The number of urea groups is 1. The van der Waals surface area contributed by atoms with Crippen molar-refractivity contribution in [3.05, 3.63) is 0 Å². The van der Waals surface area contributed by atoms with E-state index in [0.717, 1.165) is 37.4 Å². The fraction of sp³-hybridized carbons (Fsp3) is 0.875. The van der Waals surface area contributed by atoms with Crippen LogP contribution in [0.3, 0.4) is 0 Å². The number of amides is 2. The minimum absolute atomic E-state index is 0.0563. The second kappa shape index (κ2) is 7.66. The van der Waals surface area contributed by atoms with Gasteiger partial charge in [0, 0.05) is 12.1 Å². The number of hydrogen-bond acceptors (Lipinski definition) is 3. The van der Waals surface area contributed by atoms with Gasteiger partial charge in [-0.15, -0.1) is 0 Å². The van der Waals surface area contributed by atoms with Gasteiger partial charge in [-0.3, -0.25) is 10.3 Å². The monoisotopic (exact) mass is 327 g/mol. The van der Waals surface area contributed by atoms with Crippen LogP contribution in [0, 0.1) is 0 Å². The van der Waals surface area contributed by atoms with Crippen LogP contribution in [0.4, 0.5) is 9.18 Å². The molecule has 1 aliphatic heterocycles. The van der Waals surface area contributed by atoms with E-state index in [4.69, 9.17) is 0 Å². The molecule has 1 unspecified atom stereocenters. The molecule has 2 fully saturated rings. The summed E-state index contributed by atoms with van der Waals surface area (Å²) in [7, 11) is 0. The van der Waals surface area contributed by atoms with Gasteiger partial charge in [0.25, 0.3) is 0 Å². The Balaban J connectivity index is 1.67. The third kappa shape index (κ3) is 3.94. The number of alkyl halides is 1. The molecular weight excluding hydrogens is 301 g/mol. The lowest BCUT2D eigenvalue weighted by Gasteiger charge is -2.41. The maximum absolute atomic E-state index is 13.2. The first-order valence-corrected chi connectivity index (χ1v) is 9.56. The molecule has 1 N–H and O–H groups in total. The van der Waals surface area contributed by atoms with Gasteiger partial charge in [-0.25, -0.2) is 9.18 Å². The van der Waals surface area contributed by atoms with Crippen molar-refractivity contribution in [3.63, 3.8) is 0 Å². The quantitative estimate of drug-likeness (QED) is 0.831. The van der Waals surface area contributed by atoms with Crippen LogP contribution in [-0.4, -0.2) is 40.2 Å². The summed E-state index contributed by atoms with van der Waals surface area (Å²) in [4.78, 5) is 19.0. The average molecular weight is 327 g/mol. The first-order chi connectivity index (χ1) is 10.7. The number of halogens is 1. The standard InChI is InChI=1S/C16H26FN3OS/c17-14-11-18-15(22-14)19-16(21)20(12-7-3-1-4-8-12)13-9-5-2-6-10-13/h12-14H,1-11H2,(H,18,19,21). The van der Waals surface area contributed by atoms with Crippen LogP contribution in [0.25, 0.3) is 0 Å². The minimum Gasteiger partial charge on any atom is -0.319 e. The number of rotatable bonds is 2. The minimum atomic E-state index is -1.01.